The molecular formula is C12H19NOS. The van der Waals surface area contributed by atoms with Crippen LogP contribution in [-0.2, 0) is 0 Å². The van der Waals surface area contributed by atoms with Crippen LogP contribution in [0.4, 0.5) is 0 Å². The topological polar surface area (TPSA) is 32.3 Å². The minimum absolute atomic E-state index is 0.288. The summed E-state index contributed by atoms with van der Waals surface area (Å²) < 4.78 is 0. The fourth-order valence-corrected chi connectivity index (χ4v) is 1.77. The Morgan fingerprint density at radius 1 is 1.27 bits per heavy atom. The van der Waals surface area contributed by atoms with Gasteiger partial charge in [-0.05, 0) is 37.8 Å². The van der Waals surface area contributed by atoms with Crippen molar-refractivity contribution in [1.29, 1.82) is 0 Å². The number of hydrogen-bond acceptors (Lipinski definition) is 3. The second kappa shape index (κ2) is 6.16. The summed E-state index contributed by atoms with van der Waals surface area (Å²) in [5.74, 6) is 0. The van der Waals surface area contributed by atoms with Crippen molar-refractivity contribution < 1.29 is 5.11 Å². The Labute approximate surface area is 96.1 Å². The molecule has 1 unspecified atom stereocenters. The number of aliphatic hydroxyl groups excluding tert-OH is 1. The highest BCUT2D eigenvalue weighted by atomic mass is 32.2. The Hall–Kier alpha value is -0.510. The van der Waals surface area contributed by atoms with Gasteiger partial charge in [0, 0.05) is 17.5 Å². The summed E-state index contributed by atoms with van der Waals surface area (Å²) >= 11 is 1.75. The van der Waals surface area contributed by atoms with Crippen LogP contribution in [0, 0.1) is 0 Å². The lowest BCUT2D eigenvalue weighted by Gasteiger charge is -2.15. The summed E-state index contributed by atoms with van der Waals surface area (Å²) in [6.07, 6.45) is 1.78. The van der Waals surface area contributed by atoms with E-state index in [0.29, 0.717) is 6.54 Å². The lowest BCUT2D eigenvalue weighted by Crippen LogP contribution is -2.27. The molecule has 0 spiro atoms. The van der Waals surface area contributed by atoms with Crippen molar-refractivity contribution in [3.63, 3.8) is 0 Å². The fraction of sp³-hybridized carbons (Fsp3) is 0.500. The van der Waals surface area contributed by atoms with Gasteiger partial charge < -0.3 is 10.4 Å². The Morgan fingerprint density at radius 3 is 2.33 bits per heavy atom. The molecule has 0 saturated carbocycles. The molecular weight excluding hydrogens is 206 g/mol. The van der Waals surface area contributed by atoms with Gasteiger partial charge in [-0.3, -0.25) is 0 Å². The molecule has 0 amide bonds. The number of thioether (sulfide) groups is 1. The Balaban J connectivity index is 2.54. The number of rotatable bonds is 5. The first kappa shape index (κ1) is 12.6. The lowest BCUT2D eigenvalue weighted by atomic mass is 10.1. The molecule has 1 aromatic rings. The van der Waals surface area contributed by atoms with Crippen molar-refractivity contribution >= 4 is 11.8 Å². The molecule has 3 heteroatoms. The maximum Gasteiger partial charge on any atom is 0.0636 e. The predicted molar refractivity (Wildman–Crippen MR) is 66.3 cm³/mol. The molecule has 0 radical (unpaired) electrons. The molecule has 0 saturated heterocycles. The van der Waals surface area contributed by atoms with Crippen LogP contribution in [0.3, 0.4) is 0 Å². The highest BCUT2D eigenvalue weighted by Crippen LogP contribution is 2.18. The highest BCUT2D eigenvalue weighted by molar-refractivity contribution is 7.98. The third-order valence-corrected chi connectivity index (χ3v) is 3.08. The maximum absolute atomic E-state index is 9.16. The van der Waals surface area contributed by atoms with E-state index in [4.69, 9.17) is 5.11 Å². The van der Waals surface area contributed by atoms with Crippen molar-refractivity contribution in [2.75, 3.05) is 12.8 Å². The molecule has 0 fully saturated rings. The van der Waals surface area contributed by atoms with Crippen molar-refractivity contribution in [3.8, 4) is 0 Å². The van der Waals surface area contributed by atoms with Crippen LogP contribution >= 0.6 is 11.8 Å². The van der Waals surface area contributed by atoms with E-state index < -0.39 is 0 Å². The lowest BCUT2D eigenvalue weighted by molar-refractivity contribution is 0.187. The summed E-state index contributed by atoms with van der Waals surface area (Å²) in [6.45, 7) is 4.53. The summed E-state index contributed by atoms with van der Waals surface area (Å²) in [5, 5.41) is 12.4. The average Bonchev–Trinajstić information content (AvgIpc) is 2.26. The van der Waals surface area contributed by atoms with Crippen LogP contribution in [0.5, 0.6) is 0 Å². The van der Waals surface area contributed by atoms with E-state index in [1.54, 1.807) is 18.7 Å². The molecule has 2 N–H and O–H groups in total. The van der Waals surface area contributed by atoms with Gasteiger partial charge in [0.25, 0.3) is 0 Å². The van der Waals surface area contributed by atoms with E-state index in [0.717, 1.165) is 0 Å². The quantitative estimate of drug-likeness (QED) is 0.755. The van der Waals surface area contributed by atoms with Crippen LogP contribution < -0.4 is 5.32 Å². The summed E-state index contributed by atoms with van der Waals surface area (Å²) in [7, 11) is 0. The van der Waals surface area contributed by atoms with Crippen LogP contribution in [0.15, 0.2) is 29.2 Å². The first-order chi connectivity index (χ1) is 7.13. The molecule has 15 heavy (non-hydrogen) atoms. The zero-order valence-electron chi connectivity index (χ0n) is 9.53. The maximum atomic E-state index is 9.16. The normalized spacial score (nSPS) is 14.9. The largest absolute Gasteiger partial charge is 0.392 e. The van der Waals surface area contributed by atoms with Crippen molar-refractivity contribution in [2.24, 2.45) is 0 Å². The Morgan fingerprint density at radius 2 is 1.87 bits per heavy atom. The van der Waals surface area contributed by atoms with E-state index in [1.807, 2.05) is 0 Å². The number of aliphatic hydroxyl groups is 1. The smallest absolute Gasteiger partial charge is 0.0636 e. The average molecular weight is 225 g/mol. The van der Waals surface area contributed by atoms with Crippen LogP contribution in [0.2, 0.25) is 0 Å². The second-order valence-corrected chi connectivity index (χ2v) is 4.63. The van der Waals surface area contributed by atoms with Gasteiger partial charge >= 0.3 is 0 Å². The molecule has 1 aromatic carbocycles. The molecule has 1 rings (SSSR count). The molecule has 0 heterocycles. The standard InChI is InChI=1S/C12H19NOS/c1-9(14)8-13-10(2)11-4-6-12(15-3)7-5-11/h4-7,9-10,13-14H,8H2,1-3H3/t9-,10?/m0/s1. The highest BCUT2D eigenvalue weighted by Gasteiger charge is 2.05. The zero-order chi connectivity index (χ0) is 11.3. The van der Waals surface area contributed by atoms with Crippen LogP contribution in [0.1, 0.15) is 25.5 Å². The van der Waals surface area contributed by atoms with Crippen LogP contribution in [0.25, 0.3) is 0 Å². The van der Waals surface area contributed by atoms with E-state index >= 15 is 0 Å². The van der Waals surface area contributed by atoms with E-state index in [9.17, 15) is 0 Å². The first-order valence-electron chi connectivity index (χ1n) is 5.19. The third-order valence-electron chi connectivity index (χ3n) is 2.34. The van der Waals surface area contributed by atoms with E-state index in [1.165, 1.54) is 10.5 Å². The Bertz CT molecular complexity index is 284. The SMILES string of the molecule is CSc1ccc(C(C)NC[C@H](C)O)cc1. The van der Waals surface area contributed by atoms with Crippen molar-refractivity contribution in [3.05, 3.63) is 29.8 Å². The fourth-order valence-electron chi connectivity index (χ4n) is 1.36. The van der Waals surface area contributed by atoms with Gasteiger partial charge in [-0.15, -0.1) is 11.8 Å². The molecule has 0 aromatic heterocycles. The van der Waals surface area contributed by atoms with Gasteiger partial charge in [0.1, 0.15) is 0 Å². The van der Waals surface area contributed by atoms with Gasteiger partial charge in [0.15, 0.2) is 0 Å². The molecule has 2 atom stereocenters. The minimum Gasteiger partial charge on any atom is -0.392 e. The molecule has 0 aliphatic rings. The summed E-state index contributed by atoms with van der Waals surface area (Å²) in [4.78, 5) is 1.28. The summed E-state index contributed by atoms with van der Waals surface area (Å²) in [6, 6.07) is 8.80. The van der Waals surface area contributed by atoms with E-state index in [-0.39, 0.29) is 12.1 Å². The van der Waals surface area contributed by atoms with Crippen molar-refractivity contribution in [1.82, 2.24) is 5.32 Å². The monoisotopic (exact) mass is 225 g/mol. The van der Waals surface area contributed by atoms with Gasteiger partial charge in [-0.1, -0.05) is 12.1 Å². The molecule has 0 aliphatic heterocycles. The van der Waals surface area contributed by atoms with Gasteiger partial charge in [0.05, 0.1) is 6.10 Å². The second-order valence-electron chi connectivity index (χ2n) is 3.75. The molecule has 84 valence electrons. The number of nitrogens with one attached hydrogen (secondary N) is 1. The van der Waals surface area contributed by atoms with Crippen molar-refractivity contribution in [2.45, 2.75) is 30.9 Å². The van der Waals surface area contributed by atoms with Gasteiger partial charge in [0.2, 0.25) is 0 Å². The Kier molecular flexibility index (Phi) is 5.15. The minimum atomic E-state index is -0.294. The zero-order valence-corrected chi connectivity index (χ0v) is 10.3. The molecule has 0 aliphatic carbocycles. The number of benzene rings is 1. The predicted octanol–water partition coefficient (Wildman–Crippen LogP) is 2.44. The van der Waals surface area contributed by atoms with Crippen LogP contribution in [-0.4, -0.2) is 24.0 Å². The van der Waals surface area contributed by atoms with E-state index in [2.05, 4.69) is 42.8 Å². The van der Waals surface area contributed by atoms with Gasteiger partial charge in [-0.2, -0.15) is 0 Å². The molecule has 2 nitrogen and oxygen atoms in total. The first-order valence-corrected chi connectivity index (χ1v) is 6.41. The number of hydrogen-bond donors (Lipinski definition) is 2. The van der Waals surface area contributed by atoms with Gasteiger partial charge in [-0.25, -0.2) is 0 Å². The molecule has 0 bridgehead atoms. The third kappa shape index (κ3) is 4.24. The summed E-state index contributed by atoms with van der Waals surface area (Å²) in [5.41, 5.74) is 1.26.